The molecule has 0 saturated carbocycles. The van der Waals surface area contributed by atoms with Gasteiger partial charge in [0, 0.05) is 44.0 Å². The number of hydrogen-bond donors (Lipinski definition) is 1. The summed E-state index contributed by atoms with van der Waals surface area (Å²) in [5.41, 5.74) is -1.43. The average molecular weight is 545 g/mol. The molecule has 0 spiro atoms. The van der Waals surface area contributed by atoms with Crippen LogP contribution in [0.4, 0.5) is 37.7 Å². The largest absolute Gasteiger partial charge is 0.416 e. The Morgan fingerprint density at radius 2 is 1.47 bits per heavy atom. The number of hydrogen-bond acceptors (Lipinski definition) is 3. The summed E-state index contributed by atoms with van der Waals surface area (Å²) in [6.07, 6.45) is -7.78. The SMILES string of the molecule is Cc1cccc(C)c1N(CCC(=O)Nc1cc(C(F)(F)F)cc(C(F)(F)F)c1)C(=O)CCC1CCOCC1. The first kappa shape index (κ1) is 29.5. The van der Waals surface area contributed by atoms with Gasteiger partial charge < -0.3 is 15.0 Å². The van der Waals surface area contributed by atoms with Crippen LogP contribution in [-0.4, -0.2) is 31.6 Å². The van der Waals surface area contributed by atoms with Crippen LogP contribution in [0.1, 0.15) is 54.4 Å². The molecule has 3 rings (SSSR count). The Labute approximate surface area is 217 Å². The van der Waals surface area contributed by atoms with Gasteiger partial charge in [-0.15, -0.1) is 0 Å². The molecule has 0 bridgehead atoms. The van der Waals surface area contributed by atoms with Gasteiger partial charge in [-0.2, -0.15) is 26.3 Å². The molecule has 38 heavy (non-hydrogen) atoms. The Hall–Kier alpha value is -3.08. The second-order valence-corrected chi connectivity index (χ2v) is 9.47. The van der Waals surface area contributed by atoms with E-state index in [-0.39, 0.29) is 31.4 Å². The van der Waals surface area contributed by atoms with E-state index >= 15 is 0 Å². The maximum atomic E-state index is 13.3. The summed E-state index contributed by atoms with van der Waals surface area (Å²) in [6, 6.07) is 6.38. The predicted octanol–water partition coefficient (Wildman–Crippen LogP) is 6.91. The van der Waals surface area contributed by atoms with E-state index in [1.54, 1.807) is 0 Å². The zero-order valence-electron chi connectivity index (χ0n) is 21.1. The highest BCUT2D eigenvalue weighted by atomic mass is 19.4. The molecular weight excluding hydrogens is 514 g/mol. The normalized spacial score (nSPS) is 14.8. The third kappa shape index (κ3) is 7.96. The lowest BCUT2D eigenvalue weighted by Crippen LogP contribution is -2.35. The Kier molecular flexibility index (Phi) is 9.45. The van der Waals surface area contributed by atoms with Gasteiger partial charge in [-0.05, 0) is 68.4 Å². The number of nitrogens with one attached hydrogen (secondary N) is 1. The number of amides is 2. The molecule has 1 saturated heterocycles. The number of halogens is 6. The van der Waals surface area contributed by atoms with Crippen LogP contribution in [0.25, 0.3) is 0 Å². The Balaban J connectivity index is 1.76. The fourth-order valence-electron chi connectivity index (χ4n) is 4.55. The number of carbonyl (C=O) groups is 2. The van der Waals surface area contributed by atoms with Crippen LogP contribution in [0.2, 0.25) is 0 Å². The summed E-state index contributed by atoms with van der Waals surface area (Å²) >= 11 is 0. The zero-order valence-corrected chi connectivity index (χ0v) is 21.1. The molecule has 1 aliphatic rings. The van der Waals surface area contributed by atoms with Crippen molar-refractivity contribution in [2.75, 3.05) is 30.0 Å². The van der Waals surface area contributed by atoms with E-state index in [0.717, 1.165) is 24.0 Å². The van der Waals surface area contributed by atoms with Crippen LogP contribution in [0.15, 0.2) is 36.4 Å². The van der Waals surface area contributed by atoms with Crippen LogP contribution in [0.3, 0.4) is 0 Å². The van der Waals surface area contributed by atoms with E-state index in [0.29, 0.717) is 43.4 Å². The van der Waals surface area contributed by atoms with Crippen LogP contribution in [-0.2, 0) is 26.7 Å². The topological polar surface area (TPSA) is 58.6 Å². The van der Waals surface area contributed by atoms with Crippen molar-refractivity contribution in [1.82, 2.24) is 0 Å². The third-order valence-corrected chi connectivity index (χ3v) is 6.55. The Morgan fingerprint density at radius 3 is 2.00 bits per heavy atom. The lowest BCUT2D eigenvalue weighted by atomic mass is 9.94. The van der Waals surface area contributed by atoms with Gasteiger partial charge in [-0.1, -0.05) is 18.2 Å². The van der Waals surface area contributed by atoms with Gasteiger partial charge in [0.25, 0.3) is 0 Å². The monoisotopic (exact) mass is 544 g/mol. The minimum Gasteiger partial charge on any atom is -0.381 e. The standard InChI is InChI=1S/C27H30F6N2O3/c1-17-4-3-5-18(2)25(17)35(24(37)7-6-19-9-12-38-13-10-19)11-8-23(36)34-22-15-20(26(28,29)30)14-21(16-22)27(31,32)33/h3-5,14-16,19H,6-13H2,1-2H3,(H,34,36). The van der Waals surface area contributed by atoms with Crippen LogP contribution in [0, 0.1) is 19.8 Å². The van der Waals surface area contributed by atoms with Gasteiger partial charge in [-0.3, -0.25) is 9.59 Å². The highest BCUT2D eigenvalue weighted by molar-refractivity contribution is 5.97. The quantitative estimate of drug-likeness (QED) is 0.368. The van der Waals surface area contributed by atoms with Gasteiger partial charge in [-0.25, -0.2) is 0 Å². The number of anilines is 2. The molecule has 1 aliphatic heterocycles. The molecule has 0 unspecified atom stereocenters. The number of rotatable bonds is 8. The minimum absolute atomic E-state index is 0.00451. The molecule has 1 fully saturated rings. The second-order valence-electron chi connectivity index (χ2n) is 9.47. The van der Waals surface area contributed by atoms with Crippen molar-refractivity contribution in [2.45, 2.75) is 58.3 Å². The first-order valence-electron chi connectivity index (χ1n) is 12.3. The molecule has 208 valence electrons. The van der Waals surface area contributed by atoms with E-state index in [2.05, 4.69) is 5.32 Å². The summed E-state index contributed by atoms with van der Waals surface area (Å²) in [4.78, 5) is 27.4. The molecule has 0 atom stereocenters. The number of aryl methyl sites for hydroxylation is 2. The van der Waals surface area contributed by atoms with Crippen LogP contribution < -0.4 is 10.2 Å². The Morgan fingerprint density at radius 1 is 0.921 bits per heavy atom. The average Bonchev–Trinajstić information content (AvgIpc) is 2.83. The van der Waals surface area contributed by atoms with E-state index in [9.17, 15) is 35.9 Å². The number of ether oxygens (including phenoxy) is 1. The smallest absolute Gasteiger partial charge is 0.381 e. The van der Waals surface area contributed by atoms with Gasteiger partial charge in [0.05, 0.1) is 11.1 Å². The molecule has 2 aromatic carbocycles. The van der Waals surface area contributed by atoms with Gasteiger partial charge in [0.1, 0.15) is 0 Å². The first-order chi connectivity index (χ1) is 17.8. The molecule has 5 nitrogen and oxygen atoms in total. The van der Waals surface area contributed by atoms with E-state index < -0.39 is 35.1 Å². The minimum atomic E-state index is -5.03. The lowest BCUT2D eigenvalue weighted by Gasteiger charge is -2.28. The van der Waals surface area contributed by atoms with E-state index in [4.69, 9.17) is 4.74 Å². The van der Waals surface area contributed by atoms with Gasteiger partial charge in [0.15, 0.2) is 0 Å². The molecule has 1 heterocycles. The van der Waals surface area contributed by atoms with Crippen molar-refractivity contribution in [3.05, 3.63) is 58.7 Å². The number of benzene rings is 2. The van der Waals surface area contributed by atoms with Crippen molar-refractivity contribution in [3.8, 4) is 0 Å². The zero-order chi connectivity index (χ0) is 28.1. The summed E-state index contributed by atoms with van der Waals surface area (Å²) in [5, 5.41) is 2.13. The molecular formula is C27H30F6N2O3. The van der Waals surface area contributed by atoms with E-state index in [1.807, 2.05) is 32.0 Å². The second kappa shape index (κ2) is 12.2. The first-order valence-corrected chi connectivity index (χ1v) is 12.3. The molecule has 2 amide bonds. The highest BCUT2D eigenvalue weighted by Crippen LogP contribution is 2.37. The summed E-state index contributed by atoms with van der Waals surface area (Å²) < 4.78 is 84.3. The van der Waals surface area contributed by atoms with Gasteiger partial charge in [0.2, 0.25) is 11.8 Å². The van der Waals surface area contributed by atoms with Crippen molar-refractivity contribution in [3.63, 3.8) is 0 Å². The van der Waals surface area contributed by atoms with E-state index in [1.165, 1.54) is 4.90 Å². The third-order valence-electron chi connectivity index (χ3n) is 6.55. The summed E-state index contributed by atoms with van der Waals surface area (Å²) in [7, 11) is 0. The fourth-order valence-corrected chi connectivity index (χ4v) is 4.55. The maximum Gasteiger partial charge on any atom is 0.416 e. The summed E-state index contributed by atoms with van der Waals surface area (Å²) in [6.45, 7) is 4.84. The number of carbonyl (C=O) groups excluding carboxylic acids is 2. The fraction of sp³-hybridized carbons (Fsp3) is 0.481. The molecule has 2 aromatic rings. The highest BCUT2D eigenvalue weighted by Gasteiger charge is 2.37. The summed E-state index contributed by atoms with van der Waals surface area (Å²) in [5.74, 6) is -0.675. The molecule has 1 N–H and O–H groups in total. The number of nitrogens with zero attached hydrogens (tertiary/aromatic N) is 1. The van der Waals surface area contributed by atoms with Gasteiger partial charge >= 0.3 is 12.4 Å². The van der Waals surface area contributed by atoms with Crippen molar-refractivity contribution in [1.29, 1.82) is 0 Å². The lowest BCUT2D eigenvalue weighted by molar-refractivity contribution is -0.143. The molecule has 0 radical (unpaired) electrons. The van der Waals surface area contributed by atoms with Crippen LogP contribution >= 0.6 is 0 Å². The van der Waals surface area contributed by atoms with Crippen LogP contribution in [0.5, 0.6) is 0 Å². The number of alkyl halides is 6. The Bertz CT molecular complexity index is 1090. The molecule has 11 heteroatoms. The van der Waals surface area contributed by atoms with Crippen molar-refractivity contribution in [2.24, 2.45) is 5.92 Å². The maximum absolute atomic E-state index is 13.3. The predicted molar refractivity (Wildman–Crippen MR) is 131 cm³/mol. The van der Waals surface area contributed by atoms with Crippen molar-refractivity contribution >= 4 is 23.2 Å². The number of para-hydroxylation sites is 1. The molecule has 0 aromatic heterocycles. The van der Waals surface area contributed by atoms with Crippen molar-refractivity contribution < 1.29 is 40.7 Å². The molecule has 0 aliphatic carbocycles.